The SMILES string of the molecule is CC(CO)SCC(=O)Nc1cccc2c1N=S=N2. The number of nitrogens with zero attached hydrogens (tertiary/aromatic N) is 2. The van der Waals surface area contributed by atoms with Crippen LogP contribution in [-0.2, 0) is 16.1 Å². The van der Waals surface area contributed by atoms with Gasteiger partial charge in [-0.2, -0.15) is 8.73 Å². The van der Waals surface area contributed by atoms with Gasteiger partial charge in [0.25, 0.3) is 0 Å². The zero-order chi connectivity index (χ0) is 13.0. The van der Waals surface area contributed by atoms with Gasteiger partial charge in [0.15, 0.2) is 0 Å². The molecule has 1 aliphatic heterocycles. The maximum Gasteiger partial charge on any atom is 0.234 e. The number of carbonyl (C=O) groups excluding carboxylic acids is 1. The van der Waals surface area contributed by atoms with Crippen LogP contribution >= 0.6 is 11.8 Å². The Hall–Kier alpha value is -1.18. The molecule has 0 bridgehead atoms. The van der Waals surface area contributed by atoms with Crippen LogP contribution in [0.2, 0.25) is 0 Å². The van der Waals surface area contributed by atoms with Gasteiger partial charge in [-0.25, -0.2) is 0 Å². The normalized spacial score (nSPS) is 13.9. The Labute approximate surface area is 113 Å². The van der Waals surface area contributed by atoms with E-state index < -0.39 is 0 Å². The first-order valence-corrected chi connectivity index (χ1v) is 7.22. The van der Waals surface area contributed by atoms with Crippen LogP contribution in [0.25, 0.3) is 0 Å². The molecule has 5 nitrogen and oxygen atoms in total. The highest BCUT2D eigenvalue weighted by Gasteiger charge is 2.13. The molecule has 1 heterocycles. The standard InChI is InChI=1S/C11H13N3O2S2/c1-7(5-15)17-6-10(16)12-8-3-2-4-9-11(8)14-18-13-9/h2-4,7,15H,5-6H2,1H3,(H,12,16). The minimum atomic E-state index is -0.0965. The second kappa shape index (κ2) is 6.12. The summed E-state index contributed by atoms with van der Waals surface area (Å²) in [6.45, 7) is 1.95. The van der Waals surface area contributed by atoms with Crippen molar-refractivity contribution in [2.75, 3.05) is 17.7 Å². The zero-order valence-corrected chi connectivity index (χ0v) is 11.4. The third-order valence-corrected chi connectivity index (χ3v) is 4.01. The topological polar surface area (TPSA) is 74.0 Å². The molecule has 0 radical (unpaired) electrons. The van der Waals surface area contributed by atoms with Gasteiger partial charge in [0.05, 0.1) is 29.4 Å². The molecule has 1 atom stereocenters. The van der Waals surface area contributed by atoms with Gasteiger partial charge in [-0.1, -0.05) is 13.0 Å². The Balaban J connectivity index is 1.96. The van der Waals surface area contributed by atoms with Crippen LogP contribution in [0.4, 0.5) is 17.1 Å². The monoisotopic (exact) mass is 283 g/mol. The van der Waals surface area contributed by atoms with Crippen molar-refractivity contribution in [1.29, 1.82) is 0 Å². The van der Waals surface area contributed by atoms with E-state index in [4.69, 9.17) is 5.11 Å². The molecule has 0 aromatic heterocycles. The molecule has 0 saturated heterocycles. The fraction of sp³-hybridized carbons (Fsp3) is 0.364. The van der Waals surface area contributed by atoms with Gasteiger partial charge in [-0.05, 0) is 12.1 Å². The van der Waals surface area contributed by atoms with Crippen molar-refractivity contribution in [3.05, 3.63) is 18.2 Å². The fourth-order valence-electron chi connectivity index (χ4n) is 1.36. The molecule has 1 aliphatic rings. The molecular weight excluding hydrogens is 270 g/mol. The highest BCUT2D eigenvalue weighted by atomic mass is 32.2. The van der Waals surface area contributed by atoms with Crippen LogP contribution in [0.15, 0.2) is 26.9 Å². The maximum atomic E-state index is 11.7. The highest BCUT2D eigenvalue weighted by Crippen LogP contribution is 2.38. The molecule has 1 amide bonds. The van der Waals surface area contributed by atoms with Crippen LogP contribution in [0.3, 0.4) is 0 Å². The summed E-state index contributed by atoms with van der Waals surface area (Å²) in [6.07, 6.45) is 0. The van der Waals surface area contributed by atoms with E-state index in [1.165, 1.54) is 11.8 Å². The van der Waals surface area contributed by atoms with Gasteiger partial charge in [0.2, 0.25) is 5.91 Å². The number of hydrogen-bond donors (Lipinski definition) is 2. The lowest BCUT2D eigenvalue weighted by Crippen LogP contribution is -2.16. The number of thioether (sulfide) groups is 1. The molecule has 0 fully saturated rings. The number of rotatable bonds is 5. The van der Waals surface area contributed by atoms with E-state index in [0.29, 0.717) is 11.4 Å². The van der Waals surface area contributed by atoms with Crippen LogP contribution < -0.4 is 5.32 Å². The largest absolute Gasteiger partial charge is 0.395 e. The molecule has 7 heteroatoms. The molecule has 1 unspecified atom stereocenters. The number of benzene rings is 1. The summed E-state index contributed by atoms with van der Waals surface area (Å²) in [5.41, 5.74) is 2.19. The van der Waals surface area contributed by atoms with E-state index in [1.807, 2.05) is 25.1 Å². The third-order valence-electron chi connectivity index (χ3n) is 2.32. The first-order valence-electron chi connectivity index (χ1n) is 5.44. The average molecular weight is 283 g/mol. The van der Waals surface area contributed by atoms with E-state index in [9.17, 15) is 4.79 Å². The molecule has 0 saturated carbocycles. The van der Waals surface area contributed by atoms with Crippen LogP contribution in [-0.4, -0.2) is 28.6 Å². The van der Waals surface area contributed by atoms with Crippen molar-refractivity contribution < 1.29 is 9.90 Å². The van der Waals surface area contributed by atoms with Crippen molar-refractivity contribution in [3.8, 4) is 0 Å². The Bertz CT molecular complexity index is 527. The number of aliphatic hydroxyl groups is 1. The first kappa shape index (κ1) is 13.3. The molecule has 0 spiro atoms. The van der Waals surface area contributed by atoms with Crippen molar-refractivity contribution >= 4 is 46.1 Å². The second-order valence-corrected chi connectivity index (χ2v) is 5.75. The van der Waals surface area contributed by atoms with Gasteiger partial charge in [0, 0.05) is 5.25 Å². The Morgan fingerprint density at radius 3 is 3.17 bits per heavy atom. The van der Waals surface area contributed by atoms with Crippen molar-refractivity contribution in [3.63, 3.8) is 0 Å². The van der Waals surface area contributed by atoms with Crippen LogP contribution in [0.1, 0.15) is 6.92 Å². The van der Waals surface area contributed by atoms with E-state index in [1.54, 1.807) is 0 Å². The summed E-state index contributed by atoms with van der Waals surface area (Å²) in [7, 11) is 0. The summed E-state index contributed by atoms with van der Waals surface area (Å²) >= 11 is 2.54. The second-order valence-electron chi connectivity index (χ2n) is 3.79. The Kier molecular flexibility index (Phi) is 4.51. The molecule has 18 heavy (non-hydrogen) atoms. The zero-order valence-electron chi connectivity index (χ0n) is 9.79. The summed E-state index contributed by atoms with van der Waals surface area (Å²) in [4.78, 5) is 11.7. The quantitative estimate of drug-likeness (QED) is 0.885. The lowest BCUT2D eigenvalue weighted by molar-refractivity contribution is -0.113. The van der Waals surface area contributed by atoms with Gasteiger partial charge in [-0.15, -0.1) is 11.8 Å². The minimum absolute atomic E-state index is 0.0625. The van der Waals surface area contributed by atoms with Gasteiger partial charge >= 0.3 is 0 Å². The van der Waals surface area contributed by atoms with E-state index >= 15 is 0 Å². The lowest BCUT2D eigenvalue weighted by Gasteiger charge is -2.09. The highest BCUT2D eigenvalue weighted by molar-refractivity contribution is 8.00. The number of aliphatic hydroxyl groups excluding tert-OH is 1. The predicted octanol–water partition coefficient (Wildman–Crippen LogP) is 2.47. The number of hydrogen-bond acceptors (Lipinski definition) is 5. The molecule has 96 valence electrons. The first-order chi connectivity index (χ1) is 8.70. The third kappa shape index (κ3) is 3.18. The molecule has 1 aromatic carbocycles. The summed E-state index contributed by atoms with van der Waals surface area (Å²) in [6, 6.07) is 5.50. The average Bonchev–Trinajstić information content (AvgIpc) is 2.85. The van der Waals surface area contributed by atoms with E-state index in [-0.39, 0.29) is 17.8 Å². The Morgan fingerprint density at radius 2 is 2.39 bits per heavy atom. The summed E-state index contributed by atoms with van der Waals surface area (Å²) in [5, 5.41) is 11.8. The smallest absolute Gasteiger partial charge is 0.234 e. The summed E-state index contributed by atoms with van der Waals surface area (Å²) < 4.78 is 8.27. The number of nitrogens with one attached hydrogen (secondary N) is 1. The summed E-state index contributed by atoms with van der Waals surface area (Å²) in [5.74, 6) is 0.219. The molecule has 1 aromatic rings. The fourth-order valence-corrected chi connectivity index (χ4v) is 2.53. The number of fused-ring (bicyclic) bond motifs is 1. The van der Waals surface area contributed by atoms with E-state index in [2.05, 4.69) is 14.0 Å². The van der Waals surface area contributed by atoms with Crippen molar-refractivity contribution in [2.45, 2.75) is 12.2 Å². The minimum Gasteiger partial charge on any atom is -0.395 e. The van der Waals surface area contributed by atoms with Gasteiger partial charge in [0.1, 0.15) is 11.4 Å². The molecule has 2 N–H and O–H groups in total. The number of carbonyl (C=O) groups is 1. The number of amides is 1. The Morgan fingerprint density at radius 1 is 1.56 bits per heavy atom. The van der Waals surface area contributed by atoms with E-state index in [0.717, 1.165) is 22.7 Å². The van der Waals surface area contributed by atoms with Crippen molar-refractivity contribution in [1.82, 2.24) is 0 Å². The molecule has 0 aliphatic carbocycles. The lowest BCUT2D eigenvalue weighted by atomic mass is 10.2. The number of anilines is 1. The van der Waals surface area contributed by atoms with Crippen LogP contribution in [0.5, 0.6) is 0 Å². The maximum absolute atomic E-state index is 11.7. The van der Waals surface area contributed by atoms with Crippen LogP contribution in [0, 0.1) is 0 Å². The predicted molar refractivity (Wildman–Crippen MR) is 75.6 cm³/mol. The van der Waals surface area contributed by atoms with Crippen molar-refractivity contribution in [2.24, 2.45) is 8.73 Å². The molecular formula is C11H13N3O2S2. The molecule has 2 rings (SSSR count). The van der Waals surface area contributed by atoms with Gasteiger partial charge < -0.3 is 10.4 Å². The van der Waals surface area contributed by atoms with Gasteiger partial charge in [-0.3, -0.25) is 4.79 Å².